The number of hydrogen-bond acceptors (Lipinski definition) is 6. The lowest BCUT2D eigenvalue weighted by Gasteiger charge is -2.06. The molecule has 26 heavy (non-hydrogen) atoms. The van der Waals surface area contributed by atoms with Crippen LogP contribution in [0.2, 0.25) is 0 Å². The predicted octanol–water partition coefficient (Wildman–Crippen LogP) is 2.52. The summed E-state index contributed by atoms with van der Waals surface area (Å²) in [6, 6.07) is 9.21. The number of halogens is 1. The Balaban J connectivity index is 1.40. The number of amides is 2. The van der Waals surface area contributed by atoms with Crippen LogP contribution < -0.4 is 10.6 Å². The number of nitrogens with zero attached hydrogens (tertiary/aromatic N) is 2. The van der Waals surface area contributed by atoms with E-state index in [9.17, 15) is 14.0 Å². The van der Waals surface area contributed by atoms with Crippen molar-refractivity contribution in [2.75, 3.05) is 17.6 Å². The van der Waals surface area contributed by atoms with E-state index in [0.717, 1.165) is 4.88 Å². The number of benzene rings is 1. The first-order chi connectivity index (χ1) is 12.6. The summed E-state index contributed by atoms with van der Waals surface area (Å²) in [5, 5.41) is 14.3. The standard InChI is InChI=1S/C16H14FN5O2S2/c17-10-3-5-11(6-4-10)19-13(23)8-18-14(24)9-26-16-20-15(21-22-16)12-2-1-7-25-12/h1-7H,8-9H2,(H,18,24)(H,19,23)(H,20,21,22). The first kappa shape index (κ1) is 18.1. The van der Waals surface area contributed by atoms with Gasteiger partial charge in [0.2, 0.25) is 17.0 Å². The van der Waals surface area contributed by atoms with Crippen molar-refractivity contribution in [2.24, 2.45) is 0 Å². The molecule has 0 saturated heterocycles. The van der Waals surface area contributed by atoms with Crippen LogP contribution in [0, 0.1) is 5.82 Å². The fraction of sp³-hybridized carbons (Fsp3) is 0.125. The number of thiophene rings is 1. The van der Waals surface area contributed by atoms with Gasteiger partial charge in [0, 0.05) is 5.69 Å². The Morgan fingerprint density at radius 2 is 2.00 bits per heavy atom. The van der Waals surface area contributed by atoms with Crippen LogP contribution in [0.1, 0.15) is 0 Å². The molecule has 3 rings (SSSR count). The molecule has 0 aliphatic carbocycles. The fourth-order valence-corrected chi connectivity index (χ4v) is 3.22. The monoisotopic (exact) mass is 391 g/mol. The number of anilines is 1. The van der Waals surface area contributed by atoms with Crippen molar-refractivity contribution in [1.29, 1.82) is 0 Å². The van der Waals surface area contributed by atoms with Crippen molar-refractivity contribution in [2.45, 2.75) is 5.16 Å². The number of aromatic amines is 1. The molecule has 0 bridgehead atoms. The molecule has 2 amide bonds. The molecule has 0 atom stereocenters. The van der Waals surface area contributed by atoms with Crippen molar-refractivity contribution in [3.63, 3.8) is 0 Å². The zero-order chi connectivity index (χ0) is 18.4. The largest absolute Gasteiger partial charge is 0.346 e. The molecule has 0 radical (unpaired) electrons. The molecule has 0 saturated carbocycles. The third kappa shape index (κ3) is 5.14. The van der Waals surface area contributed by atoms with Crippen LogP contribution in [0.3, 0.4) is 0 Å². The lowest BCUT2D eigenvalue weighted by Crippen LogP contribution is -2.33. The summed E-state index contributed by atoms with van der Waals surface area (Å²) in [4.78, 5) is 28.8. The van der Waals surface area contributed by atoms with Crippen molar-refractivity contribution in [3.8, 4) is 10.7 Å². The number of H-pyrrole nitrogens is 1. The van der Waals surface area contributed by atoms with Crippen LogP contribution in [0.4, 0.5) is 10.1 Å². The number of hydrogen-bond donors (Lipinski definition) is 3. The second-order valence-corrected chi connectivity index (χ2v) is 6.95. The quantitative estimate of drug-likeness (QED) is 0.538. The zero-order valence-electron chi connectivity index (χ0n) is 13.4. The molecule has 3 aromatic rings. The predicted molar refractivity (Wildman–Crippen MR) is 98.5 cm³/mol. The maximum absolute atomic E-state index is 12.8. The molecule has 0 aliphatic heterocycles. The van der Waals surface area contributed by atoms with Gasteiger partial charge in [-0.05, 0) is 35.7 Å². The van der Waals surface area contributed by atoms with E-state index < -0.39 is 5.91 Å². The van der Waals surface area contributed by atoms with E-state index in [1.54, 1.807) is 0 Å². The average molecular weight is 391 g/mol. The van der Waals surface area contributed by atoms with Gasteiger partial charge in [-0.1, -0.05) is 17.8 Å². The van der Waals surface area contributed by atoms with Crippen LogP contribution in [0.15, 0.2) is 46.9 Å². The van der Waals surface area contributed by atoms with Crippen molar-refractivity contribution < 1.29 is 14.0 Å². The Labute approximate surface area is 156 Å². The van der Waals surface area contributed by atoms with E-state index in [1.807, 2.05) is 17.5 Å². The van der Waals surface area contributed by atoms with Crippen LogP contribution in [0.5, 0.6) is 0 Å². The molecule has 2 heterocycles. The van der Waals surface area contributed by atoms with Gasteiger partial charge in [0.15, 0.2) is 5.82 Å². The van der Waals surface area contributed by atoms with Gasteiger partial charge in [-0.3, -0.25) is 14.7 Å². The summed E-state index contributed by atoms with van der Waals surface area (Å²) in [7, 11) is 0. The molecule has 0 unspecified atom stereocenters. The molecule has 1 aromatic carbocycles. The summed E-state index contributed by atoms with van der Waals surface area (Å²) in [6.45, 7) is -0.175. The van der Waals surface area contributed by atoms with E-state index in [0.29, 0.717) is 16.7 Å². The van der Waals surface area contributed by atoms with Gasteiger partial charge in [-0.25, -0.2) is 9.37 Å². The maximum atomic E-state index is 12.8. The zero-order valence-corrected chi connectivity index (χ0v) is 15.0. The Hall–Kier alpha value is -2.72. The Bertz CT molecular complexity index is 880. The summed E-state index contributed by atoms with van der Waals surface area (Å²) >= 11 is 2.71. The second kappa shape index (κ2) is 8.59. The summed E-state index contributed by atoms with van der Waals surface area (Å²) in [5.41, 5.74) is 0.460. The number of rotatable bonds is 7. The minimum absolute atomic E-state index is 0.0889. The van der Waals surface area contributed by atoms with E-state index in [4.69, 9.17) is 0 Å². The first-order valence-electron chi connectivity index (χ1n) is 7.51. The van der Waals surface area contributed by atoms with E-state index in [-0.39, 0.29) is 24.0 Å². The van der Waals surface area contributed by atoms with Gasteiger partial charge in [0.1, 0.15) is 5.82 Å². The van der Waals surface area contributed by atoms with Crippen molar-refractivity contribution in [3.05, 3.63) is 47.6 Å². The maximum Gasteiger partial charge on any atom is 0.243 e. The molecular formula is C16H14FN5O2S2. The molecular weight excluding hydrogens is 377 g/mol. The fourth-order valence-electron chi connectivity index (χ4n) is 1.93. The minimum atomic E-state index is -0.396. The van der Waals surface area contributed by atoms with E-state index >= 15 is 0 Å². The molecule has 7 nitrogen and oxygen atoms in total. The van der Waals surface area contributed by atoms with Crippen LogP contribution in [-0.2, 0) is 9.59 Å². The molecule has 134 valence electrons. The van der Waals surface area contributed by atoms with Gasteiger partial charge in [-0.15, -0.1) is 16.4 Å². The van der Waals surface area contributed by atoms with Crippen LogP contribution in [0.25, 0.3) is 10.7 Å². The summed E-state index contributed by atoms with van der Waals surface area (Å²) in [6.07, 6.45) is 0. The highest BCUT2D eigenvalue weighted by Crippen LogP contribution is 2.22. The Kier molecular flexibility index (Phi) is 5.97. The van der Waals surface area contributed by atoms with Gasteiger partial charge in [0.25, 0.3) is 0 Å². The van der Waals surface area contributed by atoms with Gasteiger partial charge < -0.3 is 10.6 Å². The van der Waals surface area contributed by atoms with E-state index in [1.165, 1.54) is 47.4 Å². The summed E-state index contributed by atoms with van der Waals surface area (Å²) < 4.78 is 12.8. The highest BCUT2D eigenvalue weighted by atomic mass is 32.2. The highest BCUT2D eigenvalue weighted by Gasteiger charge is 2.10. The van der Waals surface area contributed by atoms with Gasteiger partial charge >= 0.3 is 0 Å². The normalized spacial score (nSPS) is 10.5. The third-order valence-corrected chi connectivity index (χ3v) is 4.85. The molecule has 0 aliphatic rings. The van der Waals surface area contributed by atoms with Crippen molar-refractivity contribution in [1.82, 2.24) is 20.5 Å². The smallest absolute Gasteiger partial charge is 0.243 e. The lowest BCUT2D eigenvalue weighted by atomic mass is 10.3. The topological polar surface area (TPSA) is 99.8 Å². The first-order valence-corrected chi connectivity index (χ1v) is 9.38. The lowest BCUT2D eigenvalue weighted by molar-refractivity contribution is -0.122. The molecule has 2 aromatic heterocycles. The third-order valence-electron chi connectivity index (χ3n) is 3.13. The Morgan fingerprint density at radius 3 is 2.73 bits per heavy atom. The van der Waals surface area contributed by atoms with Crippen LogP contribution in [-0.4, -0.2) is 39.3 Å². The summed E-state index contributed by atoms with van der Waals surface area (Å²) in [5.74, 6) is -0.352. The van der Waals surface area contributed by atoms with Crippen molar-refractivity contribution >= 4 is 40.6 Å². The minimum Gasteiger partial charge on any atom is -0.346 e. The molecule has 10 heteroatoms. The molecule has 0 spiro atoms. The number of nitrogens with one attached hydrogen (secondary N) is 3. The van der Waals surface area contributed by atoms with Gasteiger partial charge in [0.05, 0.1) is 17.2 Å². The number of carbonyl (C=O) groups is 2. The average Bonchev–Trinajstić information content (AvgIpc) is 3.31. The SMILES string of the molecule is O=C(CSc1n[nH]c(-c2cccs2)n1)NCC(=O)Nc1ccc(F)cc1. The number of thioether (sulfide) groups is 1. The van der Waals surface area contributed by atoms with Crippen LogP contribution >= 0.6 is 23.1 Å². The molecule has 3 N–H and O–H groups in total. The highest BCUT2D eigenvalue weighted by molar-refractivity contribution is 7.99. The number of aromatic nitrogens is 3. The van der Waals surface area contributed by atoms with Gasteiger partial charge in [-0.2, -0.15) is 0 Å². The number of carbonyl (C=O) groups excluding carboxylic acids is 2. The second-order valence-electron chi connectivity index (χ2n) is 5.06. The Morgan fingerprint density at radius 1 is 1.19 bits per heavy atom. The van der Waals surface area contributed by atoms with E-state index in [2.05, 4.69) is 25.8 Å². The molecule has 0 fully saturated rings.